The highest BCUT2D eigenvalue weighted by molar-refractivity contribution is 6.31. The molecule has 3 aromatic rings. The van der Waals surface area contributed by atoms with Crippen molar-refractivity contribution in [1.29, 1.82) is 5.26 Å². The number of rotatable bonds is 5. The Morgan fingerprint density at radius 3 is 2.85 bits per heavy atom. The van der Waals surface area contributed by atoms with Crippen molar-refractivity contribution in [1.82, 2.24) is 0 Å². The standard InChI is InChI=1S/C20H15ClN2O4/c1-12-2-5-16-14(10-26-18(16)6-12)7-20(25)27-11-19(24)23-17-8-15(21)4-3-13(17)9-22/h2-6,8,10H,7,11H2,1H3,(H,23,24). The van der Waals surface area contributed by atoms with Gasteiger partial charge >= 0.3 is 5.97 Å². The van der Waals surface area contributed by atoms with Crippen LogP contribution in [0.2, 0.25) is 5.02 Å². The molecule has 0 fully saturated rings. The van der Waals surface area contributed by atoms with Crippen LogP contribution in [0.1, 0.15) is 16.7 Å². The molecule has 1 heterocycles. The second-order valence-electron chi connectivity index (χ2n) is 5.95. The second-order valence-corrected chi connectivity index (χ2v) is 6.38. The number of carbonyl (C=O) groups excluding carboxylic acids is 2. The zero-order valence-corrected chi connectivity index (χ0v) is 15.2. The van der Waals surface area contributed by atoms with E-state index in [1.807, 2.05) is 31.2 Å². The van der Waals surface area contributed by atoms with Crippen LogP contribution in [0.5, 0.6) is 0 Å². The molecule has 0 atom stereocenters. The fourth-order valence-corrected chi connectivity index (χ4v) is 2.76. The highest BCUT2D eigenvalue weighted by atomic mass is 35.5. The van der Waals surface area contributed by atoms with Crippen molar-refractivity contribution in [3.63, 3.8) is 0 Å². The number of nitrogens with zero attached hydrogens (tertiary/aromatic N) is 1. The van der Waals surface area contributed by atoms with E-state index in [4.69, 9.17) is 26.0 Å². The molecular weight excluding hydrogens is 368 g/mol. The molecule has 0 radical (unpaired) electrons. The highest BCUT2D eigenvalue weighted by Crippen LogP contribution is 2.23. The third-order valence-corrected chi connectivity index (χ3v) is 4.12. The number of esters is 1. The summed E-state index contributed by atoms with van der Waals surface area (Å²) in [5.74, 6) is -1.12. The van der Waals surface area contributed by atoms with Gasteiger partial charge in [0, 0.05) is 16.0 Å². The first-order valence-corrected chi connectivity index (χ1v) is 8.46. The summed E-state index contributed by atoms with van der Waals surface area (Å²) in [6, 6.07) is 12.1. The van der Waals surface area contributed by atoms with Gasteiger partial charge in [0.05, 0.1) is 23.9 Å². The third-order valence-electron chi connectivity index (χ3n) is 3.89. The van der Waals surface area contributed by atoms with Crippen molar-refractivity contribution in [2.24, 2.45) is 0 Å². The van der Waals surface area contributed by atoms with E-state index in [2.05, 4.69) is 5.32 Å². The Labute approximate surface area is 160 Å². The van der Waals surface area contributed by atoms with E-state index in [1.165, 1.54) is 18.4 Å². The first kappa shape index (κ1) is 18.5. The van der Waals surface area contributed by atoms with Crippen LogP contribution >= 0.6 is 11.6 Å². The van der Waals surface area contributed by atoms with Crippen molar-refractivity contribution in [2.45, 2.75) is 13.3 Å². The Morgan fingerprint density at radius 2 is 2.07 bits per heavy atom. The number of hydrogen-bond acceptors (Lipinski definition) is 5. The maximum atomic E-state index is 12.0. The van der Waals surface area contributed by atoms with Crippen LogP contribution in [0, 0.1) is 18.3 Å². The quantitative estimate of drug-likeness (QED) is 0.673. The lowest BCUT2D eigenvalue weighted by Gasteiger charge is -2.08. The number of benzene rings is 2. The SMILES string of the molecule is Cc1ccc2c(CC(=O)OCC(=O)Nc3cc(Cl)ccc3C#N)coc2c1. The summed E-state index contributed by atoms with van der Waals surface area (Å²) in [7, 11) is 0. The molecule has 0 aliphatic heterocycles. The van der Waals surface area contributed by atoms with Gasteiger partial charge in [0.15, 0.2) is 6.61 Å². The van der Waals surface area contributed by atoms with Crippen molar-refractivity contribution in [3.05, 3.63) is 64.4 Å². The molecule has 0 unspecified atom stereocenters. The van der Waals surface area contributed by atoms with Gasteiger partial charge in [0.1, 0.15) is 11.7 Å². The Morgan fingerprint density at radius 1 is 1.26 bits per heavy atom. The molecule has 1 N–H and O–H groups in total. The van der Waals surface area contributed by atoms with Crippen LogP contribution in [0.25, 0.3) is 11.0 Å². The summed E-state index contributed by atoms with van der Waals surface area (Å²) in [5.41, 5.74) is 2.97. The zero-order chi connectivity index (χ0) is 19.4. The predicted molar refractivity (Wildman–Crippen MR) is 100 cm³/mol. The molecule has 3 rings (SSSR count). The molecule has 2 aromatic carbocycles. The van der Waals surface area contributed by atoms with Crippen molar-refractivity contribution in [3.8, 4) is 6.07 Å². The van der Waals surface area contributed by atoms with Gasteiger partial charge in [0.25, 0.3) is 5.91 Å². The summed E-state index contributed by atoms with van der Waals surface area (Å²) < 4.78 is 10.5. The first-order valence-electron chi connectivity index (χ1n) is 8.08. The van der Waals surface area contributed by atoms with E-state index < -0.39 is 18.5 Å². The number of halogens is 1. The maximum absolute atomic E-state index is 12.0. The van der Waals surface area contributed by atoms with Gasteiger partial charge in [-0.15, -0.1) is 0 Å². The molecule has 136 valence electrons. The number of amides is 1. The van der Waals surface area contributed by atoms with Crippen molar-refractivity contribution < 1.29 is 18.7 Å². The number of fused-ring (bicyclic) bond motifs is 1. The molecule has 0 saturated heterocycles. The largest absolute Gasteiger partial charge is 0.464 e. The molecular formula is C20H15ClN2O4. The Hall–Kier alpha value is -3.30. The van der Waals surface area contributed by atoms with Crippen LogP contribution in [-0.2, 0) is 20.7 Å². The highest BCUT2D eigenvalue weighted by Gasteiger charge is 2.14. The first-order chi connectivity index (χ1) is 13.0. The zero-order valence-electron chi connectivity index (χ0n) is 14.4. The minimum Gasteiger partial charge on any atom is -0.464 e. The lowest BCUT2D eigenvalue weighted by molar-refractivity contribution is -0.146. The lowest BCUT2D eigenvalue weighted by atomic mass is 10.1. The summed E-state index contributed by atoms with van der Waals surface area (Å²) in [4.78, 5) is 24.0. The lowest BCUT2D eigenvalue weighted by Crippen LogP contribution is -2.22. The average molecular weight is 383 g/mol. The minimum absolute atomic E-state index is 0.00997. The molecule has 7 heteroatoms. The van der Waals surface area contributed by atoms with Crippen LogP contribution < -0.4 is 5.32 Å². The summed E-state index contributed by atoms with van der Waals surface area (Å²) in [6.07, 6.45) is 1.50. The van der Waals surface area contributed by atoms with Crippen molar-refractivity contribution >= 4 is 40.1 Å². The fourth-order valence-electron chi connectivity index (χ4n) is 2.58. The number of nitriles is 1. The molecule has 0 spiro atoms. The fraction of sp³-hybridized carbons (Fsp3) is 0.150. The third kappa shape index (κ3) is 4.46. The monoisotopic (exact) mass is 382 g/mol. The summed E-state index contributed by atoms with van der Waals surface area (Å²) >= 11 is 5.87. The Bertz CT molecular complexity index is 1070. The van der Waals surface area contributed by atoms with E-state index in [9.17, 15) is 9.59 Å². The smallest absolute Gasteiger partial charge is 0.310 e. The van der Waals surface area contributed by atoms with Gasteiger partial charge < -0.3 is 14.5 Å². The molecule has 1 aromatic heterocycles. The van der Waals surface area contributed by atoms with Gasteiger partial charge in [-0.25, -0.2) is 0 Å². The topological polar surface area (TPSA) is 92.3 Å². The van der Waals surface area contributed by atoms with Gasteiger partial charge in [-0.05, 0) is 36.8 Å². The van der Waals surface area contributed by atoms with Crippen molar-refractivity contribution in [2.75, 3.05) is 11.9 Å². The van der Waals surface area contributed by atoms with Gasteiger partial charge in [-0.2, -0.15) is 5.26 Å². The number of hydrogen-bond donors (Lipinski definition) is 1. The number of nitrogens with one attached hydrogen (secondary N) is 1. The van der Waals surface area contributed by atoms with Crippen LogP contribution in [-0.4, -0.2) is 18.5 Å². The normalized spacial score (nSPS) is 10.4. The van der Waals surface area contributed by atoms with Gasteiger partial charge in [-0.3, -0.25) is 9.59 Å². The van der Waals surface area contributed by atoms with Crippen LogP contribution in [0.3, 0.4) is 0 Å². The molecule has 6 nitrogen and oxygen atoms in total. The maximum Gasteiger partial charge on any atom is 0.310 e. The van der Waals surface area contributed by atoms with E-state index in [-0.39, 0.29) is 17.7 Å². The Kier molecular flexibility index (Phi) is 5.43. The number of carbonyl (C=O) groups is 2. The van der Waals surface area contributed by atoms with Crippen LogP contribution in [0.15, 0.2) is 47.1 Å². The van der Waals surface area contributed by atoms with E-state index in [1.54, 1.807) is 6.07 Å². The average Bonchev–Trinajstić information content (AvgIpc) is 3.02. The van der Waals surface area contributed by atoms with E-state index >= 15 is 0 Å². The molecule has 0 bridgehead atoms. The number of aryl methyl sites for hydroxylation is 1. The summed E-state index contributed by atoms with van der Waals surface area (Å²) in [6.45, 7) is 1.48. The van der Waals surface area contributed by atoms with E-state index in [0.717, 1.165) is 10.9 Å². The van der Waals surface area contributed by atoms with Gasteiger partial charge in [0.2, 0.25) is 0 Å². The Balaban J connectivity index is 1.58. The molecule has 1 amide bonds. The van der Waals surface area contributed by atoms with E-state index in [0.29, 0.717) is 16.2 Å². The molecule has 27 heavy (non-hydrogen) atoms. The molecule has 0 saturated carbocycles. The molecule has 0 aliphatic carbocycles. The van der Waals surface area contributed by atoms with Gasteiger partial charge in [-0.1, -0.05) is 23.7 Å². The van der Waals surface area contributed by atoms with Crippen LogP contribution in [0.4, 0.5) is 5.69 Å². The number of ether oxygens (including phenoxy) is 1. The predicted octanol–water partition coefficient (Wildman–Crippen LogP) is 3.99. The second kappa shape index (κ2) is 7.94. The summed E-state index contributed by atoms with van der Waals surface area (Å²) in [5, 5.41) is 12.8. The number of furan rings is 1. The number of anilines is 1. The minimum atomic E-state index is -0.560. The molecule has 0 aliphatic rings.